The minimum absolute atomic E-state index is 0.177. The molecular weight excluding hydrogens is 478 g/mol. The Bertz CT molecular complexity index is 1400. The maximum absolute atomic E-state index is 9.00. The highest BCUT2D eigenvalue weighted by Crippen LogP contribution is 2.27. The van der Waals surface area contributed by atoms with Crippen LogP contribution in [0, 0.1) is 11.3 Å². The molecule has 1 saturated heterocycles. The van der Waals surface area contributed by atoms with E-state index >= 15 is 0 Å². The Morgan fingerprint density at radius 1 is 0.974 bits per heavy atom. The van der Waals surface area contributed by atoms with Gasteiger partial charge < -0.3 is 25.8 Å². The van der Waals surface area contributed by atoms with Crippen molar-refractivity contribution in [1.82, 2.24) is 20.3 Å². The lowest BCUT2D eigenvalue weighted by atomic mass is 10.0. The summed E-state index contributed by atoms with van der Waals surface area (Å²) in [5.41, 5.74) is 8.75. The molecule has 0 saturated carbocycles. The zero-order valence-electron chi connectivity index (χ0n) is 20.9. The average molecular weight is 508 g/mol. The highest BCUT2D eigenvalue weighted by molar-refractivity contribution is 5.67. The SMILES string of the molecule is N#Cc1cc(Oc2ccc(Nc3cc(-c4ccc(OCCC5CCCCN5)cc4)nc(N)n3)cc2)ccn1. The number of anilines is 3. The van der Waals surface area contributed by atoms with Crippen molar-refractivity contribution in [3.63, 3.8) is 0 Å². The smallest absolute Gasteiger partial charge is 0.222 e. The Balaban J connectivity index is 1.20. The van der Waals surface area contributed by atoms with Gasteiger partial charge in [0, 0.05) is 35.6 Å². The van der Waals surface area contributed by atoms with Gasteiger partial charge in [0.15, 0.2) is 0 Å². The second-order valence-electron chi connectivity index (χ2n) is 9.04. The summed E-state index contributed by atoms with van der Waals surface area (Å²) in [7, 11) is 0. The summed E-state index contributed by atoms with van der Waals surface area (Å²) >= 11 is 0. The average Bonchev–Trinajstić information content (AvgIpc) is 2.95. The molecule has 2 aromatic heterocycles. The van der Waals surface area contributed by atoms with Crippen molar-refractivity contribution in [3.8, 4) is 34.6 Å². The molecule has 0 aliphatic carbocycles. The summed E-state index contributed by atoms with van der Waals surface area (Å²) in [6.45, 7) is 1.80. The summed E-state index contributed by atoms with van der Waals surface area (Å²) in [6, 6.07) is 22.9. The molecule has 9 nitrogen and oxygen atoms in total. The van der Waals surface area contributed by atoms with Gasteiger partial charge in [-0.1, -0.05) is 6.42 Å². The van der Waals surface area contributed by atoms with Crippen LogP contribution in [0.15, 0.2) is 72.9 Å². The largest absolute Gasteiger partial charge is 0.494 e. The molecule has 9 heteroatoms. The molecule has 0 radical (unpaired) electrons. The highest BCUT2D eigenvalue weighted by atomic mass is 16.5. The Hall–Kier alpha value is -4.68. The fourth-order valence-corrected chi connectivity index (χ4v) is 4.32. The van der Waals surface area contributed by atoms with Crippen LogP contribution in [0.5, 0.6) is 17.2 Å². The van der Waals surface area contributed by atoms with E-state index in [-0.39, 0.29) is 5.95 Å². The van der Waals surface area contributed by atoms with E-state index in [1.54, 1.807) is 12.1 Å². The number of nitriles is 1. The topological polar surface area (TPSA) is 131 Å². The fourth-order valence-electron chi connectivity index (χ4n) is 4.32. The maximum atomic E-state index is 9.00. The van der Waals surface area contributed by atoms with Gasteiger partial charge in [0.25, 0.3) is 0 Å². The van der Waals surface area contributed by atoms with Gasteiger partial charge in [-0.3, -0.25) is 0 Å². The van der Waals surface area contributed by atoms with E-state index in [9.17, 15) is 0 Å². The second-order valence-corrected chi connectivity index (χ2v) is 9.04. The first-order valence-corrected chi connectivity index (χ1v) is 12.7. The molecule has 4 N–H and O–H groups in total. The van der Waals surface area contributed by atoms with E-state index in [1.165, 1.54) is 25.5 Å². The lowest BCUT2D eigenvalue weighted by Crippen LogP contribution is -2.35. The van der Waals surface area contributed by atoms with E-state index in [4.69, 9.17) is 20.5 Å². The van der Waals surface area contributed by atoms with Gasteiger partial charge in [-0.2, -0.15) is 10.2 Å². The Labute approximate surface area is 221 Å². The number of rotatable bonds is 9. The fraction of sp³-hybridized carbons (Fsp3) is 0.241. The van der Waals surface area contributed by atoms with Crippen LogP contribution < -0.4 is 25.8 Å². The third-order valence-corrected chi connectivity index (χ3v) is 6.25. The maximum Gasteiger partial charge on any atom is 0.222 e. The molecule has 0 bridgehead atoms. The standard InChI is InChI=1S/C29H29N7O2/c30-19-23-17-26(12-15-33-23)38-25-10-6-22(7-11-25)34-28-18-27(35-29(31)36-28)20-4-8-24(9-5-20)37-16-13-21-3-1-2-14-32-21/h4-12,15,17-18,21,32H,1-3,13-14,16H2,(H3,31,34,35,36). The molecule has 3 heterocycles. The quantitative estimate of drug-likeness (QED) is 0.271. The van der Waals surface area contributed by atoms with Crippen molar-refractivity contribution in [3.05, 3.63) is 78.6 Å². The number of piperidine rings is 1. The molecule has 1 unspecified atom stereocenters. The van der Waals surface area contributed by atoms with Crippen molar-refractivity contribution >= 4 is 17.5 Å². The third-order valence-electron chi connectivity index (χ3n) is 6.25. The van der Waals surface area contributed by atoms with Crippen LogP contribution in [0.3, 0.4) is 0 Å². The molecule has 1 fully saturated rings. The highest BCUT2D eigenvalue weighted by Gasteiger charge is 2.12. The van der Waals surface area contributed by atoms with Crippen LogP contribution in [0.2, 0.25) is 0 Å². The van der Waals surface area contributed by atoms with E-state index < -0.39 is 0 Å². The summed E-state index contributed by atoms with van der Waals surface area (Å²) in [6.07, 6.45) is 6.34. The molecule has 2 aromatic carbocycles. The van der Waals surface area contributed by atoms with Crippen LogP contribution >= 0.6 is 0 Å². The first-order chi connectivity index (χ1) is 18.6. The van der Waals surface area contributed by atoms with Crippen molar-refractivity contribution in [2.24, 2.45) is 0 Å². The molecule has 4 aromatic rings. The summed E-state index contributed by atoms with van der Waals surface area (Å²) in [4.78, 5) is 12.7. The second kappa shape index (κ2) is 12.0. The van der Waals surface area contributed by atoms with Crippen molar-refractivity contribution < 1.29 is 9.47 Å². The molecule has 38 heavy (non-hydrogen) atoms. The van der Waals surface area contributed by atoms with Crippen LogP contribution in [0.4, 0.5) is 17.5 Å². The van der Waals surface area contributed by atoms with Gasteiger partial charge in [-0.05, 0) is 80.4 Å². The van der Waals surface area contributed by atoms with Crippen molar-refractivity contribution in [2.45, 2.75) is 31.7 Å². The summed E-state index contributed by atoms with van der Waals surface area (Å²) in [5, 5.41) is 15.8. The van der Waals surface area contributed by atoms with Gasteiger partial charge in [0.2, 0.25) is 5.95 Å². The molecule has 1 aliphatic heterocycles. The summed E-state index contributed by atoms with van der Waals surface area (Å²) in [5.74, 6) is 2.77. The number of nitrogen functional groups attached to an aromatic ring is 1. The van der Waals surface area contributed by atoms with Gasteiger partial charge in [-0.15, -0.1) is 0 Å². The molecule has 0 amide bonds. The molecule has 1 atom stereocenters. The molecule has 5 rings (SSSR count). The number of pyridine rings is 1. The first kappa shape index (κ1) is 25.0. The number of nitrogens with two attached hydrogens (primary N) is 1. The first-order valence-electron chi connectivity index (χ1n) is 12.7. The number of ether oxygens (including phenoxy) is 2. The lowest BCUT2D eigenvalue weighted by Gasteiger charge is -2.23. The Morgan fingerprint density at radius 3 is 2.55 bits per heavy atom. The Morgan fingerprint density at radius 2 is 1.79 bits per heavy atom. The number of hydrogen-bond acceptors (Lipinski definition) is 9. The minimum Gasteiger partial charge on any atom is -0.494 e. The van der Waals surface area contributed by atoms with E-state index in [0.29, 0.717) is 41.4 Å². The van der Waals surface area contributed by atoms with Crippen molar-refractivity contribution in [2.75, 3.05) is 24.2 Å². The molecular formula is C29H29N7O2. The van der Waals surface area contributed by atoms with Gasteiger partial charge in [0.1, 0.15) is 34.8 Å². The van der Waals surface area contributed by atoms with Crippen molar-refractivity contribution in [1.29, 1.82) is 5.26 Å². The van der Waals surface area contributed by atoms with Crippen LogP contribution in [-0.2, 0) is 0 Å². The van der Waals surface area contributed by atoms with Gasteiger partial charge in [-0.25, -0.2) is 9.97 Å². The number of benzene rings is 2. The molecule has 1 aliphatic rings. The number of aromatic nitrogens is 3. The Kier molecular flexibility index (Phi) is 7.92. The van der Waals surface area contributed by atoms with Crippen LogP contribution in [0.1, 0.15) is 31.4 Å². The van der Waals surface area contributed by atoms with Gasteiger partial charge >= 0.3 is 0 Å². The minimum atomic E-state index is 0.177. The normalized spacial score (nSPS) is 14.9. The predicted octanol–water partition coefficient (Wildman–Crippen LogP) is 5.44. The zero-order valence-corrected chi connectivity index (χ0v) is 20.9. The lowest BCUT2D eigenvalue weighted by molar-refractivity contribution is 0.268. The zero-order chi connectivity index (χ0) is 26.2. The van der Waals surface area contributed by atoms with Crippen LogP contribution in [0.25, 0.3) is 11.3 Å². The number of nitrogens with one attached hydrogen (secondary N) is 2. The number of nitrogens with zero attached hydrogens (tertiary/aromatic N) is 4. The third kappa shape index (κ3) is 6.75. The molecule has 192 valence electrons. The van der Waals surface area contributed by atoms with E-state index in [1.807, 2.05) is 60.7 Å². The van der Waals surface area contributed by atoms with E-state index in [2.05, 4.69) is 25.6 Å². The van der Waals surface area contributed by atoms with Gasteiger partial charge in [0.05, 0.1) is 12.3 Å². The van der Waals surface area contributed by atoms with Crippen LogP contribution in [-0.4, -0.2) is 34.1 Å². The molecule has 0 spiro atoms. The monoisotopic (exact) mass is 507 g/mol. The van der Waals surface area contributed by atoms with E-state index in [0.717, 1.165) is 30.0 Å². The summed E-state index contributed by atoms with van der Waals surface area (Å²) < 4.78 is 11.8. The number of hydrogen-bond donors (Lipinski definition) is 3. The predicted molar refractivity (Wildman–Crippen MR) is 146 cm³/mol.